The Morgan fingerprint density at radius 1 is 1.46 bits per heavy atom. The lowest BCUT2D eigenvalue weighted by Gasteiger charge is -2.02. The van der Waals surface area contributed by atoms with Crippen LogP contribution in [-0.4, -0.2) is 4.92 Å². The minimum Gasteiger partial charge on any atom is -0.391 e. The number of nitrogen functional groups attached to an aromatic ring is 1. The maximum absolute atomic E-state index is 12.8. The first-order valence-corrected chi connectivity index (χ1v) is 3.33. The van der Waals surface area contributed by atoms with Gasteiger partial charge in [-0.25, -0.2) is 8.78 Å². The summed E-state index contributed by atoms with van der Waals surface area (Å²) >= 11 is 0. The average molecular weight is 188 g/mol. The smallest absolute Gasteiger partial charge is 0.300 e. The van der Waals surface area contributed by atoms with Gasteiger partial charge >= 0.3 is 5.69 Å². The first-order valence-electron chi connectivity index (χ1n) is 3.33. The predicted molar refractivity (Wildman–Crippen MR) is 42.2 cm³/mol. The van der Waals surface area contributed by atoms with Crippen molar-refractivity contribution in [3.05, 3.63) is 33.4 Å². The highest BCUT2D eigenvalue weighted by atomic mass is 19.1. The molecule has 1 aromatic rings. The standard InChI is InChI=1S/C7H6F2N2O2/c1-3-4(8)2-5(9)6(10)7(3)11(12)13/h2H,10H2,1H3. The molecule has 2 N–H and O–H groups in total. The monoisotopic (exact) mass is 188 g/mol. The van der Waals surface area contributed by atoms with Crippen LogP contribution in [0.1, 0.15) is 5.56 Å². The van der Waals surface area contributed by atoms with E-state index in [-0.39, 0.29) is 5.56 Å². The summed E-state index contributed by atoms with van der Waals surface area (Å²) in [5.74, 6) is -2.09. The van der Waals surface area contributed by atoms with Crippen LogP contribution in [0.2, 0.25) is 0 Å². The van der Waals surface area contributed by atoms with Gasteiger partial charge in [0.15, 0.2) is 5.82 Å². The SMILES string of the molecule is Cc1c(F)cc(F)c(N)c1[N+](=O)[O-]. The van der Waals surface area contributed by atoms with Crippen LogP contribution in [-0.2, 0) is 0 Å². The molecule has 0 unspecified atom stereocenters. The van der Waals surface area contributed by atoms with E-state index in [1.54, 1.807) is 0 Å². The summed E-state index contributed by atoms with van der Waals surface area (Å²) in [7, 11) is 0. The molecule has 4 nitrogen and oxygen atoms in total. The Hall–Kier alpha value is -1.72. The van der Waals surface area contributed by atoms with E-state index in [0.29, 0.717) is 6.07 Å². The van der Waals surface area contributed by atoms with Gasteiger partial charge in [0.05, 0.1) is 10.5 Å². The second kappa shape index (κ2) is 2.96. The highest BCUT2D eigenvalue weighted by Crippen LogP contribution is 2.29. The summed E-state index contributed by atoms with van der Waals surface area (Å²) in [5, 5.41) is 10.3. The summed E-state index contributed by atoms with van der Waals surface area (Å²) < 4.78 is 25.5. The van der Waals surface area contributed by atoms with Gasteiger partial charge in [-0.1, -0.05) is 0 Å². The van der Waals surface area contributed by atoms with Crippen LogP contribution in [0, 0.1) is 28.7 Å². The molecule has 0 atom stereocenters. The summed E-state index contributed by atoms with van der Waals surface area (Å²) in [4.78, 5) is 9.43. The number of rotatable bonds is 1. The fraction of sp³-hybridized carbons (Fsp3) is 0.143. The highest BCUT2D eigenvalue weighted by Gasteiger charge is 2.22. The molecule has 0 radical (unpaired) electrons. The minimum absolute atomic E-state index is 0.260. The van der Waals surface area contributed by atoms with Crippen LogP contribution >= 0.6 is 0 Å². The molecule has 0 aliphatic rings. The van der Waals surface area contributed by atoms with Gasteiger partial charge < -0.3 is 5.73 Å². The number of nitrogens with zero attached hydrogens (tertiary/aromatic N) is 1. The Morgan fingerprint density at radius 3 is 2.46 bits per heavy atom. The fourth-order valence-electron chi connectivity index (χ4n) is 0.961. The van der Waals surface area contributed by atoms with Crippen molar-refractivity contribution in [2.75, 3.05) is 5.73 Å². The summed E-state index contributed by atoms with van der Waals surface area (Å²) in [6.45, 7) is 1.17. The minimum atomic E-state index is -1.12. The fourth-order valence-corrected chi connectivity index (χ4v) is 0.961. The molecule has 0 aliphatic heterocycles. The lowest BCUT2D eigenvalue weighted by Crippen LogP contribution is -2.03. The summed E-state index contributed by atoms with van der Waals surface area (Å²) in [6.07, 6.45) is 0. The van der Waals surface area contributed by atoms with Gasteiger partial charge in [0.25, 0.3) is 0 Å². The van der Waals surface area contributed by atoms with E-state index in [2.05, 4.69) is 0 Å². The summed E-state index contributed by atoms with van der Waals surface area (Å²) in [5.41, 5.74) is 3.46. The van der Waals surface area contributed by atoms with Crippen LogP contribution < -0.4 is 5.73 Å². The van der Waals surface area contributed by atoms with Gasteiger partial charge in [0.2, 0.25) is 0 Å². The molecule has 0 aromatic heterocycles. The zero-order valence-electron chi connectivity index (χ0n) is 6.67. The molecule has 0 heterocycles. The zero-order valence-corrected chi connectivity index (χ0v) is 6.67. The van der Waals surface area contributed by atoms with E-state index in [9.17, 15) is 18.9 Å². The quantitative estimate of drug-likeness (QED) is 0.414. The van der Waals surface area contributed by atoms with E-state index in [1.807, 2.05) is 0 Å². The van der Waals surface area contributed by atoms with E-state index in [4.69, 9.17) is 5.73 Å². The molecule has 0 bridgehead atoms. The van der Waals surface area contributed by atoms with Crippen molar-refractivity contribution in [3.63, 3.8) is 0 Å². The lowest BCUT2D eigenvalue weighted by molar-refractivity contribution is -0.384. The molecule has 0 saturated heterocycles. The lowest BCUT2D eigenvalue weighted by atomic mass is 10.1. The first-order chi connectivity index (χ1) is 5.95. The van der Waals surface area contributed by atoms with Crippen LogP contribution in [0.3, 0.4) is 0 Å². The first kappa shape index (κ1) is 9.37. The predicted octanol–water partition coefficient (Wildman–Crippen LogP) is 1.76. The average Bonchev–Trinajstić information content (AvgIpc) is 2.01. The zero-order chi connectivity index (χ0) is 10.2. The van der Waals surface area contributed by atoms with Crippen molar-refractivity contribution in [1.29, 1.82) is 0 Å². The number of benzene rings is 1. The van der Waals surface area contributed by atoms with Gasteiger partial charge in [0, 0.05) is 6.07 Å². The van der Waals surface area contributed by atoms with Crippen LogP contribution in [0.15, 0.2) is 6.07 Å². The Bertz CT molecular complexity index is 353. The maximum atomic E-state index is 12.8. The van der Waals surface area contributed by atoms with Gasteiger partial charge in [-0.05, 0) is 6.92 Å². The molecule has 0 fully saturated rings. The van der Waals surface area contributed by atoms with E-state index < -0.39 is 27.9 Å². The van der Waals surface area contributed by atoms with Crippen LogP contribution in [0.5, 0.6) is 0 Å². The normalized spacial score (nSPS) is 10.1. The summed E-state index contributed by atoms with van der Waals surface area (Å²) in [6, 6.07) is 0.525. The molecular weight excluding hydrogens is 182 g/mol. The molecular formula is C7H6F2N2O2. The maximum Gasteiger partial charge on any atom is 0.300 e. The van der Waals surface area contributed by atoms with Crippen molar-refractivity contribution in [2.24, 2.45) is 0 Å². The van der Waals surface area contributed by atoms with Crippen LogP contribution in [0.25, 0.3) is 0 Å². The van der Waals surface area contributed by atoms with Gasteiger partial charge in [-0.15, -0.1) is 0 Å². The molecule has 0 aliphatic carbocycles. The number of hydrogen-bond donors (Lipinski definition) is 1. The molecule has 6 heteroatoms. The van der Waals surface area contributed by atoms with Crippen molar-refractivity contribution in [2.45, 2.75) is 6.92 Å². The topological polar surface area (TPSA) is 69.2 Å². The number of nitro benzene ring substituents is 1. The Labute approximate surface area is 72.1 Å². The largest absolute Gasteiger partial charge is 0.391 e. The molecule has 1 rings (SSSR count). The third kappa shape index (κ3) is 1.42. The highest BCUT2D eigenvalue weighted by molar-refractivity contribution is 5.63. The number of hydrogen-bond acceptors (Lipinski definition) is 3. The van der Waals surface area contributed by atoms with Crippen molar-refractivity contribution >= 4 is 11.4 Å². The van der Waals surface area contributed by atoms with E-state index in [0.717, 1.165) is 0 Å². The second-order valence-electron chi connectivity index (χ2n) is 2.48. The molecule has 0 amide bonds. The number of halogens is 2. The molecule has 13 heavy (non-hydrogen) atoms. The van der Waals surface area contributed by atoms with Gasteiger partial charge in [-0.3, -0.25) is 10.1 Å². The van der Waals surface area contributed by atoms with E-state index >= 15 is 0 Å². The second-order valence-corrected chi connectivity index (χ2v) is 2.48. The third-order valence-electron chi connectivity index (χ3n) is 1.66. The molecule has 1 aromatic carbocycles. The number of nitro groups is 1. The third-order valence-corrected chi connectivity index (χ3v) is 1.66. The van der Waals surface area contributed by atoms with Gasteiger partial charge in [-0.2, -0.15) is 0 Å². The van der Waals surface area contributed by atoms with E-state index in [1.165, 1.54) is 6.92 Å². The number of anilines is 1. The van der Waals surface area contributed by atoms with Crippen molar-refractivity contribution < 1.29 is 13.7 Å². The Kier molecular flexibility index (Phi) is 2.14. The molecule has 0 spiro atoms. The number of nitrogens with two attached hydrogens (primary N) is 1. The van der Waals surface area contributed by atoms with Crippen LogP contribution in [0.4, 0.5) is 20.2 Å². The molecule has 70 valence electrons. The molecule has 0 saturated carbocycles. The van der Waals surface area contributed by atoms with Crippen molar-refractivity contribution in [3.8, 4) is 0 Å². The Morgan fingerprint density at radius 2 is 2.00 bits per heavy atom. The Balaban J connectivity index is 3.56. The van der Waals surface area contributed by atoms with Gasteiger partial charge in [0.1, 0.15) is 11.5 Å². The van der Waals surface area contributed by atoms with Crippen molar-refractivity contribution in [1.82, 2.24) is 0 Å².